The average molecular weight is 376 g/mol. The van der Waals surface area contributed by atoms with Gasteiger partial charge in [-0.1, -0.05) is 17.7 Å². The zero-order valence-electron chi connectivity index (χ0n) is 9.44. The maximum atomic E-state index is 11.8. The quantitative estimate of drug-likeness (QED) is 0.769. The fraction of sp³-hybridized carbons (Fsp3) is 0. The molecule has 0 saturated heterocycles. The molecule has 0 spiro atoms. The molecule has 1 amide bonds. The van der Waals surface area contributed by atoms with Gasteiger partial charge in [-0.3, -0.25) is 10.1 Å². The Bertz CT molecular complexity index is 616. The van der Waals surface area contributed by atoms with E-state index in [0.717, 1.165) is 4.47 Å². The van der Waals surface area contributed by atoms with E-state index in [4.69, 9.17) is 23.8 Å². The lowest BCUT2D eigenvalue weighted by molar-refractivity contribution is 0.0981. The number of anilines is 1. The Morgan fingerprint density at radius 2 is 2.16 bits per heavy atom. The molecule has 2 aromatic rings. The predicted octanol–water partition coefficient (Wildman–Crippen LogP) is 4.29. The highest BCUT2D eigenvalue weighted by Gasteiger charge is 2.09. The summed E-state index contributed by atoms with van der Waals surface area (Å²) in [5, 5.41) is 8.14. The summed E-state index contributed by atoms with van der Waals surface area (Å²) in [6, 6.07) is 8.87. The van der Waals surface area contributed by atoms with E-state index >= 15 is 0 Å². The topological polar surface area (TPSA) is 41.1 Å². The van der Waals surface area contributed by atoms with E-state index in [0.29, 0.717) is 15.6 Å². The summed E-state index contributed by atoms with van der Waals surface area (Å²) in [4.78, 5) is 12.4. The van der Waals surface area contributed by atoms with Crippen LogP contribution in [-0.4, -0.2) is 11.0 Å². The maximum Gasteiger partial charge on any atom is 0.267 e. The monoisotopic (exact) mass is 374 g/mol. The van der Waals surface area contributed by atoms with E-state index in [-0.39, 0.29) is 11.0 Å². The first-order valence-corrected chi connectivity index (χ1v) is 7.63. The zero-order valence-corrected chi connectivity index (χ0v) is 13.4. The van der Waals surface area contributed by atoms with E-state index in [1.165, 1.54) is 11.3 Å². The van der Waals surface area contributed by atoms with Crippen LogP contribution in [0.5, 0.6) is 0 Å². The summed E-state index contributed by atoms with van der Waals surface area (Å²) in [5.41, 5.74) is 0.713. The van der Waals surface area contributed by atoms with Gasteiger partial charge in [-0.2, -0.15) is 0 Å². The molecular weight excluding hydrogens is 368 g/mol. The third kappa shape index (κ3) is 4.01. The third-order valence-electron chi connectivity index (χ3n) is 2.15. The Labute approximate surface area is 133 Å². The van der Waals surface area contributed by atoms with Crippen molar-refractivity contribution >= 4 is 67.8 Å². The second-order valence-electron chi connectivity index (χ2n) is 3.51. The van der Waals surface area contributed by atoms with Gasteiger partial charge in [-0.15, -0.1) is 11.3 Å². The number of nitrogens with one attached hydrogen (secondary N) is 2. The molecule has 3 nitrogen and oxygen atoms in total. The summed E-state index contributed by atoms with van der Waals surface area (Å²) in [6.07, 6.45) is 0. The number of carbonyl (C=O) groups is 1. The maximum absolute atomic E-state index is 11.8. The molecule has 1 heterocycles. The standard InChI is InChI=1S/C12H8BrClN2OS2/c13-8-4-3-7(6-9(8)14)15-12(18)16-11(17)10-2-1-5-19-10/h1-6H,(H2,15,16,17,18). The van der Waals surface area contributed by atoms with Gasteiger partial charge in [0.1, 0.15) is 0 Å². The first-order chi connectivity index (χ1) is 9.06. The molecule has 0 aliphatic rings. The van der Waals surface area contributed by atoms with Gasteiger partial charge in [0, 0.05) is 10.2 Å². The molecule has 0 aliphatic carbocycles. The van der Waals surface area contributed by atoms with Crippen LogP contribution in [0.1, 0.15) is 9.67 Å². The Kier molecular flexibility index (Phi) is 4.93. The van der Waals surface area contributed by atoms with Crippen molar-refractivity contribution in [1.82, 2.24) is 5.32 Å². The van der Waals surface area contributed by atoms with Gasteiger partial charge in [0.2, 0.25) is 0 Å². The molecule has 19 heavy (non-hydrogen) atoms. The number of rotatable bonds is 2. The number of hydrogen-bond donors (Lipinski definition) is 2. The molecule has 0 aliphatic heterocycles. The molecule has 7 heteroatoms. The van der Waals surface area contributed by atoms with Gasteiger partial charge in [0.05, 0.1) is 9.90 Å². The van der Waals surface area contributed by atoms with Crippen molar-refractivity contribution in [2.24, 2.45) is 0 Å². The molecule has 0 saturated carbocycles. The molecule has 2 N–H and O–H groups in total. The highest BCUT2D eigenvalue weighted by Crippen LogP contribution is 2.25. The fourth-order valence-corrected chi connectivity index (χ4v) is 2.57. The molecule has 1 aromatic carbocycles. The van der Waals surface area contributed by atoms with Crippen LogP contribution in [0.3, 0.4) is 0 Å². The second-order valence-corrected chi connectivity index (χ2v) is 6.13. The average Bonchev–Trinajstić information content (AvgIpc) is 2.87. The number of carbonyl (C=O) groups excluding carboxylic acids is 1. The molecular formula is C12H8BrClN2OS2. The minimum Gasteiger partial charge on any atom is -0.332 e. The van der Waals surface area contributed by atoms with E-state index in [1.54, 1.807) is 24.3 Å². The SMILES string of the molecule is O=C(NC(=S)Nc1ccc(Br)c(Cl)c1)c1cccs1. The Morgan fingerprint density at radius 1 is 1.37 bits per heavy atom. The molecule has 0 unspecified atom stereocenters. The Balaban J connectivity index is 1.98. The fourth-order valence-electron chi connectivity index (χ4n) is 1.31. The molecule has 0 radical (unpaired) electrons. The van der Waals surface area contributed by atoms with Gasteiger partial charge < -0.3 is 5.32 Å². The summed E-state index contributed by atoms with van der Waals surface area (Å²) in [7, 11) is 0. The highest BCUT2D eigenvalue weighted by molar-refractivity contribution is 9.10. The lowest BCUT2D eigenvalue weighted by Crippen LogP contribution is -2.33. The minimum absolute atomic E-state index is 0.226. The summed E-state index contributed by atoms with van der Waals surface area (Å²) < 4.78 is 0.799. The first kappa shape index (κ1) is 14.5. The van der Waals surface area contributed by atoms with Gasteiger partial charge in [-0.25, -0.2) is 0 Å². The van der Waals surface area contributed by atoms with Crippen molar-refractivity contribution in [3.63, 3.8) is 0 Å². The van der Waals surface area contributed by atoms with Crippen LogP contribution >= 0.6 is 51.1 Å². The Morgan fingerprint density at radius 3 is 2.79 bits per heavy atom. The van der Waals surface area contributed by atoms with Crippen molar-refractivity contribution < 1.29 is 4.79 Å². The van der Waals surface area contributed by atoms with Crippen LogP contribution in [0.15, 0.2) is 40.2 Å². The van der Waals surface area contributed by atoms with Crippen molar-refractivity contribution in [1.29, 1.82) is 0 Å². The number of benzene rings is 1. The van der Waals surface area contributed by atoms with Crippen LogP contribution in [0.2, 0.25) is 5.02 Å². The van der Waals surface area contributed by atoms with Crippen molar-refractivity contribution in [2.75, 3.05) is 5.32 Å². The van der Waals surface area contributed by atoms with Crippen LogP contribution < -0.4 is 10.6 Å². The molecule has 98 valence electrons. The second kappa shape index (κ2) is 6.47. The molecule has 0 atom stereocenters. The predicted molar refractivity (Wildman–Crippen MR) is 87.2 cm³/mol. The van der Waals surface area contributed by atoms with Gasteiger partial charge in [0.25, 0.3) is 5.91 Å². The van der Waals surface area contributed by atoms with E-state index in [2.05, 4.69) is 26.6 Å². The largest absolute Gasteiger partial charge is 0.332 e. The van der Waals surface area contributed by atoms with Crippen LogP contribution in [0, 0.1) is 0 Å². The van der Waals surface area contributed by atoms with Crippen molar-refractivity contribution in [2.45, 2.75) is 0 Å². The number of thiophene rings is 1. The van der Waals surface area contributed by atoms with Crippen molar-refractivity contribution in [3.05, 3.63) is 50.1 Å². The van der Waals surface area contributed by atoms with Crippen LogP contribution in [-0.2, 0) is 0 Å². The highest BCUT2D eigenvalue weighted by atomic mass is 79.9. The molecule has 2 rings (SSSR count). The Hall–Kier alpha value is -0.950. The van der Waals surface area contributed by atoms with Crippen LogP contribution in [0.25, 0.3) is 0 Å². The lowest BCUT2D eigenvalue weighted by Gasteiger charge is -2.09. The van der Waals surface area contributed by atoms with Gasteiger partial charge in [-0.05, 0) is 57.8 Å². The smallest absolute Gasteiger partial charge is 0.267 e. The summed E-state index contributed by atoms with van der Waals surface area (Å²) >= 11 is 15.7. The molecule has 0 bridgehead atoms. The molecule has 0 fully saturated rings. The van der Waals surface area contributed by atoms with E-state index in [9.17, 15) is 4.79 Å². The number of amides is 1. The third-order valence-corrected chi connectivity index (χ3v) is 4.45. The summed E-state index contributed by atoms with van der Waals surface area (Å²) in [5.74, 6) is -0.226. The van der Waals surface area contributed by atoms with Crippen molar-refractivity contribution in [3.8, 4) is 0 Å². The lowest BCUT2D eigenvalue weighted by atomic mass is 10.3. The number of hydrogen-bond acceptors (Lipinski definition) is 3. The first-order valence-electron chi connectivity index (χ1n) is 5.17. The number of thiocarbonyl (C=S) groups is 1. The zero-order chi connectivity index (χ0) is 13.8. The van der Waals surface area contributed by atoms with Gasteiger partial charge in [0.15, 0.2) is 5.11 Å². The van der Waals surface area contributed by atoms with Gasteiger partial charge >= 0.3 is 0 Å². The normalized spacial score (nSPS) is 10.0. The summed E-state index contributed by atoms with van der Waals surface area (Å²) in [6.45, 7) is 0. The minimum atomic E-state index is -0.226. The molecule has 1 aromatic heterocycles. The number of halogens is 2. The van der Waals surface area contributed by atoms with E-state index < -0.39 is 0 Å². The van der Waals surface area contributed by atoms with E-state index in [1.807, 2.05) is 11.4 Å². The van der Waals surface area contributed by atoms with Crippen LogP contribution in [0.4, 0.5) is 5.69 Å².